The fourth-order valence-electron chi connectivity index (χ4n) is 2.51. The molecule has 0 fully saturated rings. The van der Waals surface area contributed by atoms with Gasteiger partial charge in [0.2, 0.25) is 0 Å². The first-order chi connectivity index (χ1) is 12.7. The van der Waals surface area contributed by atoms with E-state index in [1.54, 1.807) is 35.6 Å². The van der Waals surface area contributed by atoms with Gasteiger partial charge in [0, 0.05) is 10.6 Å². The quantitative estimate of drug-likeness (QED) is 0.431. The maximum Gasteiger partial charge on any atom is 0.257 e. The maximum absolute atomic E-state index is 12.5. The second-order valence-corrected chi connectivity index (χ2v) is 7.88. The lowest BCUT2D eigenvalue weighted by Gasteiger charge is -2.01. The van der Waals surface area contributed by atoms with E-state index in [0.29, 0.717) is 15.7 Å². The number of aromatic nitrogens is 1. The molecule has 26 heavy (non-hydrogen) atoms. The van der Waals surface area contributed by atoms with Gasteiger partial charge in [0.15, 0.2) is 5.13 Å². The zero-order valence-corrected chi connectivity index (χ0v) is 15.9. The Morgan fingerprint density at radius 1 is 0.962 bits per heavy atom. The minimum Gasteiger partial charge on any atom is -0.298 e. The van der Waals surface area contributed by atoms with Gasteiger partial charge >= 0.3 is 0 Å². The van der Waals surface area contributed by atoms with Crippen molar-refractivity contribution in [2.75, 3.05) is 5.32 Å². The van der Waals surface area contributed by atoms with Crippen molar-refractivity contribution in [3.8, 4) is 21.0 Å². The van der Waals surface area contributed by atoms with Gasteiger partial charge < -0.3 is 0 Å². The molecule has 2 heterocycles. The van der Waals surface area contributed by atoms with Gasteiger partial charge in [-0.2, -0.15) is 0 Å². The standard InChI is InChI=1S/C20H13ClN2OS2/c21-15-10-8-14(9-11-15)19(24)23-20-22-17(16-7-4-12-25-16)18(26-20)13-5-2-1-3-6-13/h1-12H,(H,22,23,24). The lowest BCUT2D eigenvalue weighted by Crippen LogP contribution is -2.11. The SMILES string of the molecule is O=C(Nc1nc(-c2cccs2)c(-c2ccccc2)s1)c1ccc(Cl)cc1. The molecule has 0 aliphatic heterocycles. The Balaban J connectivity index is 1.69. The van der Waals surface area contributed by atoms with Crippen LogP contribution in [0.1, 0.15) is 10.4 Å². The third kappa shape index (κ3) is 3.55. The van der Waals surface area contributed by atoms with Gasteiger partial charge in [-0.3, -0.25) is 10.1 Å². The first kappa shape index (κ1) is 17.0. The van der Waals surface area contributed by atoms with E-state index in [4.69, 9.17) is 11.6 Å². The summed E-state index contributed by atoms with van der Waals surface area (Å²) >= 11 is 8.99. The van der Waals surface area contributed by atoms with Gasteiger partial charge in [-0.15, -0.1) is 11.3 Å². The molecule has 0 saturated heterocycles. The molecular formula is C20H13ClN2OS2. The van der Waals surface area contributed by atoms with Crippen LogP contribution in [-0.2, 0) is 0 Å². The van der Waals surface area contributed by atoms with E-state index in [9.17, 15) is 4.79 Å². The molecular weight excluding hydrogens is 384 g/mol. The van der Waals surface area contributed by atoms with Gasteiger partial charge in [0.1, 0.15) is 5.69 Å². The average Bonchev–Trinajstić information content (AvgIpc) is 3.32. The van der Waals surface area contributed by atoms with E-state index >= 15 is 0 Å². The zero-order chi connectivity index (χ0) is 17.9. The van der Waals surface area contributed by atoms with Gasteiger partial charge in [0.25, 0.3) is 5.91 Å². The molecule has 2 aromatic heterocycles. The number of carbonyl (C=O) groups is 1. The first-order valence-electron chi connectivity index (χ1n) is 7.88. The van der Waals surface area contributed by atoms with Crippen molar-refractivity contribution in [2.24, 2.45) is 0 Å². The van der Waals surface area contributed by atoms with E-state index in [0.717, 1.165) is 21.0 Å². The lowest BCUT2D eigenvalue weighted by molar-refractivity contribution is 0.102. The van der Waals surface area contributed by atoms with Gasteiger partial charge in [-0.1, -0.05) is 59.3 Å². The number of amides is 1. The largest absolute Gasteiger partial charge is 0.298 e. The summed E-state index contributed by atoms with van der Waals surface area (Å²) in [4.78, 5) is 19.3. The Morgan fingerprint density at radius 2 is 1.73 bits per heavy atom. The number of nitrogens with zero attached hydrogens (tertiary/aromatic N) is 1. The molecule has 0 saturated carbocycles. The van der Waals surface area contributed by atoms with Crippen molar-refractivity contribution in [1.82, 2.24) is 4.98 Å². The smallest absolute Gasteiger partial charge is 0.257 e. The van der Waals surface area contributed by atoms with Crippen LogP contribution in [0.25, 0.3) is 21.0 Å². The summed E-state index contributed by atoms with van der Waals surface area (Å²) in [5.41, 5.74) is 2.52. The van der Waals surface area contributed by atoms with Crippen LogP contribution in [0.2, 0.25) is 5.02 Å². The molecule has 2 aromatic carbocycles. The highest BCUT2D eigenvalue weighted by molar-refractivity contribution is 7.20. The van der Waals surface area contributed by atoms with E-state index < -0.39 is 0 Å². The van der Waals surface area contributed by atoms with Crippen LogP contribution < -0.4 is 5.32 Å². The predicted molar refractivity (Wildman–Crippen MR) is 110 cm³/mol. The summed E-state index contributed by atoms with van der Waals surface area (Å²) in [6.07, 6.45) is 0. The molecule has 3 nitrogen and oxygen atoms in total. The number of nitrogens with one attached hydrogen (secondary N) is 1. The van der Waals surface area contributed by atoms with Crippen molar-refractivity contribution < 1.29 is 4.79 Å². The Morgan fingerprint density at radius 3 is 2.42 bits per heavy atom. The fourth-order valence-corrected chi connectivity index (χ4v) is 4.40. The van der Waals surface area contributed by atoms with E-state index in [2.05, 4.69) is 22.4 Å². The Labute approximate surface area is 163 Å². The van der Waals surface area contributed by atoms with Crippen molar-refractivity contribution in [3.63, 3.8) is 0 Å². The predicted octanol–water partition coefficient (Wildman–Crippen LogP) is 6.44. The monoisotopic (exact) mass is 396 g/mol. The highest BCUT2D eigenvalue weighted by atomic mass is 35.5. The molecule has 1 N–H and O–H groups in total. The van der Waals surface area contributed by atoms with Crippen LogP contribution in [0.5, 0.6) is 0 Å². The topological polar surface area (TPSA) is 42.0 Å². The Hall–Kier alpha value is -2.47. The van der Waals surface area contributed by atoms with Crippen LogP contribution in [0, 0.1) is 0 Å². The summed E-state index contributed by atoms with van der Waals surface area (Å²) < 4.78 is 0. The Kier molecular flexibility index (Phi) is 4.84. The number of thiophene rings is 1. The van der Waals surface area contributed by atoms with Crippen molar-refractivity contribution in [2.45, 2.75) is 0 Å². The molecule has 0 unspecified atom stereocenters. The number of rotatable bonds is 4. The second-order valence-electron chi connectivity index (χ2n) is 5.50. The summed E-state index contributed by atoms with van der Waals surface area (Å²) in [5, 5.41) is 6.10. The molecule has 128 valence electrons. The number of hydrogen-bond donors (Lipinski definition) is 1. The lowest BCUT2D eigenvalue weighted by atomic mass is 10.1. The second kappa shape index (κ2) is 7.41. The Bertz CT molecular complexity index is 1030. The molecule has 0 radical (unpaired) electrons. The molecule has 0 atom stereocenters. The van der Waals surface area contributed by atoms with Crippen LogP contribution in [0.3, 0.4) is 0 Å². The summed E-state index contributed by atoms with van der Waals surface area (Å²) in [6.45, 7) is 0. The minimum absolute atomic E-state index is 0.201. The third-order valence-electron chi connectivity index (χ3n) is 3.74. The van der Waals surface area contributed by atoms with Crippen LogP contribution in [0.15, 0.2) is 72.1 Å². The molecule has 0 aliphatic rings. The molecule has 0 bridgehead atoms. The highest BCUT2D eigenvalue weighted by Crippen LogP contribution is 2.40. The normalized spacial score (nSPS) is 10.7. The van der Waals surface area contributed by atoms with Crippen molar-refractivity contribution in [3.05, 3.63) is 82.7 Å². The molecule has 6 heteroatoms. The number of anilines is 1. The van der Waals surface area contributed by atoms with Gasteiger partial charge in [-0.25, -0.2) is 4.98 Å². The summed E-state index contributed by atoms with van der Waals surface area (Å²) in [7, 11) is 0. The first-order valence-corrected chi connectivity index (χ1v) is 9.95. The molecule has 0 aliphatic carbocycles. The van der Waals surface area contributed by atoms with E-state index in [1.165, 1.54) is 11.3 Å². The maximum atomic E-state index is 12.5. The molecule has 4 rings (SSSR count). The van der Waals surface area contributed by atoms with Gasteiger partial charge in [-0.05, 0) is 41.3 Å². The third-order valence-corrected chi connectivity index (χ3v) is 5.89. The number of halogens is 1. The number of benzene rings is 2. The summed E-state index contributed by atoms with van der Waals surface area (Å²) in [6, 6.07) is 20.9. The average molecular weight is 397 g/mol. The van der Waals surface area contributed by atoms with Gasteiger partial charge in [0.05, 0.1) is 9.75 Å². The van der Waals surface area contributed by atoms with Crippen LogP contribution in [0.4, 0.5) is 5.13 Å². The molecule has 4 aromatic rings. The van der Waals surface area contributed by atoms with Crippen molar-refractivity contribution >= 4 is 45.3 Å². The van der Waals surface area contributed by atoms with Crippen molar-refractivity contribution in [1.29, 1.82) is 0 Å². The van der Waals surface area contributed by atoms with E-state index in [1.807, 2.05) is 35.7 Å². The highest BCUT2D eigenvalue weighted by Gasteiger charge is 2.17. The number of hydrogen-bond acceptors (Lipinski definition) is 4. The zero-order valence-electron chi connectivity index (χ0n) is 13.5. The van der Waals surface area contributed by atoms with Crippen LogP contribution >= 0.6 is 34.3 Å². The minimum atomic E-state index is -0.201. The molecule has 1 amide bonds. The summed E-state index contributed by atoms with van der Waals surface area (Å²) in [5.74, 6) is -0.201. The van der Waals surface area contributed by atoms with Crippen LogP contribution in [-0.4, -0.2) is 10.9 Å². The van der Waals surface area contributed by atoms with E-state index in [-0.39, 0.29) is 5.91 Å². The number of thiazole rings is 1. The fraction of sp³-hybridized carbons (Fsp3) is 0. The number of carbonyl (C=O) groups excluding carboxylic acids is 1. The molecule has 0 spiro atoms.